The molecule has 1 fully saturated rings. The summed E-state index contributed by atoms with van der Waals surface area (Å²) in [4.78, 5) is 8.57. The molecule has 0 bridgehead atoms. The number of hydrogen-bond acceptors (Lipinski definition) is 4. The molecule has 1 unspecified atom stereocenters. The lowest BCUT2D eigenvalue weighted by molar-refractivity contribution is 0.128. The van der Waals surface area contributed by atoms with Gasteiger partial charge in [0.2, 0.25) is 0 Å². The Balaban J connectivity index is 1.99. The highest BCUT2D eigenvalue weighted by molar-refractivity contribution is 6.29. The van der Waals surface area contributed by atoms with Gasteiger partial charge in [-0.05, 0) is 32.6 Å². The quantitative estimate of drug-likeness (QED) is 0.805. The van der Waals surface area contributed by atoms with E-state index in [-0.39, 0.29) is 0 Å². The third kappa shape index (κ3) is 3.56. The second-order valence-electron chi connectivity index (χ2n) is 4.75. The van der Waals surface area contributed by atoms with Crippen LogP contribution in [0, 0.1) is 5.92 Å². The second-order valence-corrected chi connectivity index (χ2v) is 5.14. The fourth-order valence-electron chi connectivity index (χ4n) is 2.09. The van der Waals surface area contributed by atoms with Crippen molar-refractivity contribution >= 4 is 17.4 Å². The third-order valence-corrected chi connectivity index (χ3v) is 3.60. The van der Waals surface area contributed by atoms with E-state index in [0.717, 1.165) is 11.7 Å². The minimum Gasteiger partial charge on any atom is -0.374 e. The normalized spacial score (nSPS) is 17.3. The fourth-order valence-corrected chi connectivity index (χ4v) is 2.29. The molecule has 1 aliphatic rings. The smallest absolute Gasteiger partial charge is 0.158 e. The van der Waals surface area contributed by atoms with Crippen LogP contribution in [0.2, 0.25) is 5.15 Å². The number of ether oxygens (including phenoxy) is 1. The first-order valence-electron chi connectivity index (χ1n) is 6.56. The van der Waals surface area contributed by atoms with Crippen LogP contribution in [0.5, 0.6) is 0 Å². The summed E-state index contributed by atoms with van der Waals surface area (Å²) < 4.78 is 5.30. The second kappa shape index (κ2) is 6.34. The van der Waals surface area contributed by atoms with Gasteiger partial charge in [-0.25, -0.2) is 9.97 Å². The molecule has 5 heteroatoms. The summed E-state index contributed by atoms with van der Waals surface area (Å²) in [6.07, 6.45) is 3.95. The highest BCUT2D eigenvalue weighted by atomic mass is 35.5. The minimum atomic E-state index is 0.406. The Morgan fingerprint density at radius 2 is 2.28 bits per heavy atom. The lowest BCUT2D eigenvalue weighted by atomic mass is 9.80. The number of anilines is 1. The number of halogens is 1. The molecule has 1 heterocycles. The standard InChI is InChI=1S/C13H20ClN3O/c1-3-18-8-13-16-11(14)7-12(17-13)15-9(2)10-5-4-6-10/h7,9-10H,3-6,8H2,1-2H3,(H,15,16,17). The lowest BCUT2D eigenvalue weighted by Crippen LogP contribution is -2.31. The summed E-state index contributed by atoms with van der Waals surface area (Å²) >= 11 is 5.99. The largest absolute Gasteiger partial charge is 0.374 e. The Bertz CT molecular complexity index is 396. The Morgan fingerprint density at radius 1 is 1.50 bits per heavy atom. The molecule has 4 nitrogen and oxygen atoms in total. The number of rotatable bonds is 6. The molecule has 2 rings (SSSR count). The number of nitrogens with zero attached hydrogens (tertiary/aromatic N) is 2. The maximum atomic E-state index is 5.99. The Hall–Kier alpha value is -0.870. The van der Waals surface area contributed by atoms with Crippen molar-refractivity contribution in [2.24, 2.45) is 5.92 Å². The van der Waals surface area contributed by atoms with Crippen LogP contribution in [0.1, 0.15) is 38.9 Å². The van der Waals surface area contributed by atoms with E-state index in [1.54, 1.807) is 6.07 Å². The summed E-state index contributed by atoms with van der Waals surface area (Å²) in [5.41, 5.74) is 0. The van der Waals surface area contributed by atoms with Crippen LogP contribution in [0.4, 0.5) is 5.82 Å². The van der Waals surface area contributed by atoms with Crippen molar-refractivity contribution in [3.63, 3.8) is 0 Å². The molecule has 0 saturated heterocycles. The van der Waals surface area contributed by atoms with Crippen LogP contribution in [0.25, 0.3) is 0 Å². The van der Waals surface area contributed by atoms with E-state index in [1.165, 1.54) is 19.3 Å². The highest BCUT2D eigenvalue weighted by Gasteiger charge is 2.24. The van der Waals surface area contributed by atoms with Crippen LogP contribution in [-0.2, 0) is 11.3 Å². The predicted octanol–water partition coefficient (Wildman–Crippen LogP) is 3.27. The van der Waals surface area contributed by atoms with Gasteiger partial charge in [-0.15, -0.1) is 0 Å². The predicted molar refractivity (Wildman–Crippen MR) is 72.8 cm³/mol. The summed E-state index contributed by atoms with van der Waals surface area (Å²) in [5, 5.41) is 3.87. The van der Waals surface area contributed by atoms with E-state index in [1.807, 2.05) is 6.92 Å². The van der Waals surface area contributed by atoms with Crippen LogP contribution >= 0.6 is 11.6 Å². The van der Waals surface area contributed by atoms with Crippen molar-refractivity contribution in [2.75, 3.05) is 11.9 Å². The summed E-state index contributed by atoms with van der Waals surface area (Å²) in [6.45, 7) is 5.20. The van der Waals surface area contributed by atoms with Gasteiger partial charge in [-0.3, -0.25) is 0 Å². The average Bonchev–Trinajstić information content (AvgIpc) is 2.22. The van der Waals surface area contributed by atoms with Crippen LogP contribution < -0.4 is 5.32 Å². The molecule has 1 aliphatic carbocycles. The zero-order chi connectivity index (χ0) is 13.0. The first kappa shape index (κ1) is 13.6. The number of nitrogens with one attached hydrogen (secondary N) is 1. The van der Waals surface area contributed by atoms with Crippen molar-refractivity contribution < 1.29 is 4.74 Å². The molecular weight excluding hydrogens is 250 g/mol. The van der Waals surface area contributed by atoms with Crippen molar-refractivity contribution in [1.29, 1.82) is 0 Å². The zero-order valence-corrected chi connectivity index (χ0v) is 11.7. The zero-order valence-electron chi connectivity index (χ0n) is 10.9. The molecule has 0 aromatic carbocycles. The molecule has 1 aromatic heterocycles. The number of aromatic nitrogens is 2. The summed E-state index contributed by atoms with van der Waals surface area (Å²) in [7, 11) is 0. The summed E-state index contributed by atoms with van der Waals surface area (Å²) in [5.74, 6) is 2.19. The van der Waals surface area contributed by atoms with E-state index in [0.29, 0.717) is 30.2 Å². The van der Waals surface area contributed by atoms with Gasteiger partial charge >= 0.3 is 0 Å². The SMILES string of the molecule is CCOCc1nc(Cl)cc(NC(C)C2CCC2)n1. The van der Waals surface area contributed by atoms with Gasteiger partial charge in [0.15, 0.2) is 5.82 Å². The van der Waals surface area contributed by atoms with Gasteiger partial charge in [-0.1, -0.05) is 18.0 Å². The molecule has 1 saturated carbocycles. The van der Waals surface area contributed by atoms with Gasteiger partial charge in [-0.2, -0.15) is 0 Å². The minimum absolute atomic E-state index is 0.406. The van der Waals surface area contributed by atoms with E-state index in [4.69, 9.17) is 16.3 Å². The average molecular weight is 270 g/mol. The molecule has 0 radical (unpaired) electrons. The van der Waals surface area contributed by atoms with E-state index in [2.05, 4.69) is 22.2 Å². The van der Waals surface area contributed by atoms with E-state index >= 15 is 0 Å². The van der Waals surface area contributed by atoms with Crippen molar-refractivity contribution in [3.05, 3.63) is 17.0 Å². The molecule has 0 spiro atoms. The molecular formula is C13H20ClN3O. The fraction of sp³-hybridized carbons (Fsp3) is 0.692. The van der Waals surface area contributed by atoms with Crippen molar-refractivity contribution in [1.82, 2.24) is 9.97 Å². The topological polar surface area (TPSA) is 47.0 Å². The monoisotopic (exact) mass is 269 g/mol. The Morgan fingerprint density at radius 3 is 2.89 bits per heavy atom. The van der Waals surface area contributed by atoms with Gasteiger partial charge in [0.05, 0.1) is 0 Å². The van der Waals surface area contributed by atoms with Gasteiger partial charge < -0.3 is 10.1 Å². The first-order valence-corrected chi connectivity index (χ1v) is 6.94. The lowest BCUT2D eigenvalue weighted by Gasteiger charge is -2.32. The van der Waals surface area contributed by atoms with Crippen molar-refractivity contribution in [3.8, 4) is 0 Å². The van der Waals surface area contributed by atoms with E-state index < -0.39 is 0 Å². The maximum absolute atomic E-state index is 5.99. The Labute approximate surface area is 113 Å². The molecule has 1 atom stereocenters. The molecule has 100 valence electrons. The van der Waals surface area contributed by atoms with Crippen LogP contribution in [0.3, 0.4) is 0 Å². The van der Waals surface area contributed by atoms with Crippen LogP contribution in [-0.4, -0.2) is 22.6 Å². The molecule has 1 N–H and O–H groups in total. The van der Waals surface area contributed by atoms with Gasteiger partial charge in [0.1, 0.15) is 17.6 Å². The molecule has 0 amide bonds. The van der Waals surface area contributed by atoms with Crippen molar-refractivity contribution in [2.45, 2.75) is 45.8 Å². The summed E-state index contributed by atoms with van der Waals surface area (Å²) in [6, 6.07) is 2.20. The van der Waals surface area contributed by atoms with Crippen LogP contribution in [0.15, 0.2) is 6.07 Å². The van der Waals surface area contributed by atoms with Gasteiger partial charge in [0.25, 0.3) is 0 Å². The molecule has 18 heavy (non-hydrogen) atoms. The number of hydrogen-bond donors (Lipinski definition) is 1. The molecule has 0 aliphatic heterocycles. The maximum Gasteiger partial charge on any atom is 0.158 e. The highest BCUT2D eigenvalue weighted by Crippen LogP contribution is 2.30. The van der Waals surface area contributed by atoms with E-state index in [9.17, 15) is 0 Å². The third-order valence-electron chi connectivity index (χ3n) is 3.41. The molecule has 1 aromatic rings. The first-order chi connectivity index (χ1) is 8.69. The Kier molecular flexibility index (Phi) is 4.78. The van der Waals surface area contributed by atoms with Gasteiger partial charge in [0, 0.05) is 18.7 Å².